The minimum Gasteiger partial charge on any atom is -0.478 e. The number of ether oxygens (including phenoxy) is 1. The van der Waals surface area contributed by atoms with Gasteiger partial charge in [0, 0.05) is 11.4 Å². The van der Waals surface area contributed by atoms with Crippen LogP contribution in [0.4, 0.5) is 30.8 Å². The number of alkyl halides is 3. The molecule has 1 aromatic heterocycles. The summed E-state index contributed by atoms with van der Waals surface area (Å²) in [6, 6.07) is 17.0. The minimum atomic E-state index is -4.68. The van der Waals surface area contributed by atoms with Crippen molar-refractivity contribution in [3.8, 4) is 6.07 Å². The maximum Gasteiger partial charge on any atom is 0.416 e. The van der Waals surface area contributed by atoms with Crippen LogP contribution in [0.15, 0.2) is 84.1 Å². The summed E-state index contributed by atoms with van der Waals surface area (Å²) in [6.07, 6.45) is -4.68. The predicted molar refractivity (Wildman–Crippen MR) is 154 cm³/mol. The van der Waals surface area contributed by atoms with Crippen molar-refractivity contribution >= 4 is 35.4 Å². The number of carbonyl (C=O) groups is 3. The average molecular weight is 617 g/mol. The van der Waals surface area contributed by atoms with E-state index >= 15 is 0 Å². The van der Waals surface area contributed by atoms with Crippen molar-refractivity contribution in [1.29, 1.82) is 5.26 Å². The second-order valence-electron chi connectivity index (χ2n) is 9.72. The number of anilines is 3. The van der Waals surface area contributed by atoms with Gasteiger partial charge in [0.05, 0.1) is 40.5 Å². The van der Waals surface area contributed by atoms with Gasteiger partial charge >= 0.3 is 18.1 Å². The van der Waals surface area contributed by atoms with E-state index in [0.717, 1.165) is 12.1 Å². The topological polar surface area (TPSA) is 150 Å². The molecule has 0 bridgehead atoms. The van der Waals surface area contributed by atoms with Crippen LogP contribution in [0.5, 0.6) is 0 Å². The molecule has 0 aliphatic carbocycles. The summed E-state index contributed by atoms with van der Waals surface area (Å²) in [5.41, 5.74) is -0.432. The third kappa shape index (κ3) is 5.83. The number of amides is 1. The van der Waals surface area contributed by atoms with Crippen molar-refractivity contribution in [2.45, 2.75) is 26.1 Å². The van der Waals surface area contributed by atoms with Crippen LogP contribution >= 0.6 is 0 Å². The number of benzene rings is 3. The van der Waals surface area contributed by atoms with E-state index < -0.39 is 35.6 Å². The van der Waals surface area contributed by atoms with Gasteiger partial charge in [-0.2, -0.15) is 23.4 Å². The SMILES string of the molecule is CCOC(=O)C1=C(C)N(c2cccc(C(F)(F)F)c2)c2nc(NC(=O)c3ccccc3C(=O)O)nn2C1c1ccc(C#N)cc1. The first kappa shape index (κ1) is 30.5. The molecular weight excluding hydrogens is 593 g/mol. The van der Waals surface area contributed by atoms with Gasteiger partial charge < -0.3 is 9.84 Å². The Morgan fingerprint density at radius 3 is 2.36 bits per heavy atom. The summed E-state index contributed by atoms with van der Waals surface area (Å²) in [4.78, 5) is 44.1. The molecule has 1 unspecified atom stereocenters. The third-order valence-corrected chi connectivity index (χ3v) is 6.97. The van der Waals surface area contributed by atoms with Gasteiger partial charge in [0.15, 0.2) is 0 Å². The summed E-state index contributed by atoms with van der Waals surface area (Å²) in [5, 5.41) is 25.7. The minimum absolute atomic E-state index is 0.00618. The van der Waals surface area contributed by atoms with Gasteiger partial charge in [-0.25, -0.2) is 14.3 Å². The Hall–Kier alpha value is -5.97. The fourth-order valence-corrected chi connectivity index (χ4v) is 4.97. The first-order valence-electron chi connectivity index (χ1n) is 13.4. The Labute approximate surface area is 253 Å². The van der Waals surface area contributed by atoms with E-state index in [2.05, 4.69) is 15.4 Å². The number of fused-ring (bicyclic) bond motifs is 1. The highest BCUT2D eigenvalue weighted by Crippen LogP contribution is 2.44. The molecule has 0 saturated carbocycles. The Morgan fingerprint density at radius 1 is 1.04 bits per heavy atom. The van der Waals surface area contributed by atoms with Crippen molar-refractivity contribution in [2.24, 2.45) is 0 Å². The van der Waals surface area contributed by atoms with Crippen LogP contribution in [0.1, 0.15) is 57.3 Å². The average Bonchev–Trinajstić information content (AvgIpc) is 3.42. The number of aromatic nitrogens is 3. The molecule has 0 saturated heterocycles. The number of carbonyl (C=O) groups excluding carboxylic acids is 2. The lowest BCUT2D eigenvalue weighted by Gasteiger charge is -2.35. The van der Waals surface area contributed by atoms with Crippen LogP contribution in [0.25, 0.3) is 0 Å². The summed E-state index contributed by atoms with van der Waals surface area (Å²) < 4.78 is 47.8. The maximum absolute atomic E-state index is 13.7. The number of carboxylic acid groups (broad SMARTS) is 1. The molecule has 2 N–H and O–H groups in total. The quantitative estimate of drug-likeness (QED) is 0.249. The van der Waals surface area contributed by atoms with Gasteiger partial charge in [-0.15, -0.1) is 5.10 Å². The van der Waals surface area contributed by atoms with E-state index in [1.807, 2.05) is 6.07 Å². The zero-order valence-electron chi connectivity index (χ0n) is 23.7. The van der Waals surface area contributed by atoms with Gasteiger partial charge in [-0.1, -0.05) is 30.3 Å². The molecule has 4 aromatic rings. The number of aromatic carboxylic acids is 1. The molecule has 2 heterocycles. The van der Waals surface area contributed by atoms with Crippen LogP contribution in [-0.4, -0.2) is 44.3 Å². The summed E-state index contributed by atoms with van der Waals surface area (Å²) in [7, 11) is 0. The van der Waals surface area contributed by atoms with Crippen molar-refractivity contribution in [3.63, 3.8) is 0 Å². The molecular formula is C31H23F3N6O5. The Morgan fingerprint density at radius 2 is 1.73 bits per heavy atom. The molecule has 228 valence electrons. The molecule has 1 atom stereocenters. The number of nitrogens with one attached hydrogen (secondary N) is 1. The molecule has 0 fully saturated rings. The van der Waals surface area contributed by atoms with Crippen LogP contribution < -0.4 is 10.2 Å². The molecule has 0 spiro atoms. The molecule has 14 heteroatoms. The zero-order chi connectivity index (χ0) is 32.5. The molecule has 0 radical (unpaired) electrons. The predicted octanol–water partition coefficient (Wildman–Crippen LogP) is 5.70. The van der Waals surface area contributed by atoms with Gasteiger partial charge in [0.2, 0.25) is 5.95 Å². The summed E-state index contributed by atoms with van der Waals surface area (Å²) in [6.45, 7) is 3.11. The van der Waals surface area contributed by atoms with Crippen molar-refractivity contribution in [1.82, 2.24) is 14.8 Å². The Kier molecular flexibility index (Phi) is 8.10. The fourth-order valence-electron chi connectivity index (χ4n) is 4.97. The Bertz CT molecular complexity index is 1890. The smallest absolute Gasteiger partial charge is 0.416 e. The van der Waals surface area contributed by atoms with E-state index in [4.69, 9.17) is 4.74 Å². The normalized spacial score (nSPS) is 14.4. The Balaban J connectivity index is 1.72. The molecule has 45 heavy (non-hydrogen) atoms. The van der Waals surface area contributed by atoms with Crippen LogP contribution in [0.3, 0.4) is 0 Å². The standard InChI is InChI=1S/C31H23F3N6O5/c1-3-45-28(44)24-17(2)39(21-8-6-7-20(15-21)31(32,33)34)30-37-29(36-26(41)22-9-4-5-10-23(22)27(42)43)38-40(30)25(24)19-13-11-18(16-35)12-14-19/h4-15,25H,3H2,1-2H3,(H,42,43)(H,36,38,41). The third-order valence-electron chi connectivity index (χ3n) is 6.97. The number of hydrogen-bond acceptors (Lipinski definition) is 8. The number of allylic oxidation sites excluding steroid dienone is 1. The number of carboxylic acids is 1. The van der Waals surface area contributed by atoms with E-state index in [9.17, 15) is 37.9 Å². The van der Waals surface area contributed by atoms with Gasteiger partial charge in [-0.05, 0) is 61.9 Å². The molecule has 3 aromatic carbocycles. The highest BCUT2D eigenvalue weighted by Gasteiger charge is 2.40. The first-order chi connectivity index (χ1) is 21.4. The maximum atomic E-state index is 13.7. The number of esters is 1. The highest BCUT2D eigenvalue weighted by molar-refractivity contribution is 6.10. The number of rotatable bonds is 7. The largest absolute Gasteiger partial charge is 0.478 e. The molecule has 11 nitrogen and oxygen atoms in total. The van der Waals surface area contributed by atoms with Crippen LogP contribution in [0, 0.1) is 11.3 Å². The van der Waals surface area contributed by atoms with Crippen molar-refractivity contribution in [3.05, 3.63) is 112 Å². The van der Waals surface area contributed by atoms with Gasteiger partial charge in [0.25, 0.3) is 11.9 Å². The second kappa shape index (κ2) is 12.0. The first-order valence-corrected chi connectivity index (χ1v) is 13.4. The lowest BCUT2D eigenvalue weighted by atomic mass is 9.94. The lowest BCUT2D eigenvalue weighted by molar-refractivity contribution is -0.139. The van der Waals surface area contributed by atoms with E-state index in [-0.39, 0.29) is 46.6 Å². The van der Waals surface area contributed by atoms with Crippen molar-refractivity contribution < 1.29 is 37.4 Å². The second-order valence-corrected chi connectivity index (χ2v) is 9.72. The van der Waals surface area contributed by atoms with Gasteiger partial charge in [-0.3, -0.25) is 15.0 Å². The van der Waals surface area contributed by atoms with E-state index in [1.54, 1.807) is 19.1 Å². The van der Waals surface area contributed by atoms with Crippen molar-refractivity contribution in [2.75, 3.05) is 16.8 Å². The van der Waals surface area contributed by atoms with E-state index in [0.29, 0.717) is 11.1 Å². The number of halogens is 3. The highest BCUT2D eigenvalue weighted by atomic mass is 19.4. The monoisotopic (exact) mass is 616 g/mol. The summed E-state index contributed by atoms with van der Waals surface area (Å²) >= 11 is 0. The number of nitriles is 1. The summed E-state index contributed by atoms with van der Waals surface area (Å²) in [5.74, 6) is -3.34. The molecule has 1 amide bonds. The lowest BCUT2D eigenvalue weighted by Crippen LogP contribution is -2.34. The van der Waals surface area contributed by atoms with E-state index in [1.165, 1.54) is 65.0 Å². The number of nitrogens with zero attached hydrogens (tertiary/aromatic N) is 5. The number of hydrogen-bond donors (Lipinski definition) is 2. The fraction of sp³-hybridized carbons (Fsp3) is 0.161. The van der Waals surface area contributed by atoms with Crippen LogP contribution in [-0.2, 0) is 15.7 Å². The van der Waals surface area contributed by atoms with Gasteiger partial charge in [0.1, 0.15) is 6.04 Å². The molecule has 5 rings (SSSR count). The molecule has 1 aliphatic rings. The molecule has 1 aliphatic heterocycles. The zero-order valence-corrected chi connectivity index (χ0v) is 23.7. The van der Waals surface area contributed by atoms with Crippen LogP contribution in [0.2, 0.25) is 0 Å².